The highest BCUT2D eigenvalue weighted by Gasteiger charge is 2.26. The number of nitrogens with one attached hydrogen (secondary N) is 1. The number of benzene rings is 2. The third kappa shape index (κ3) is 5.36. The smallest absolute Gasteiger partial charge is 0.343 e. The number of carbonyl (C=O) groups excluding carboxylic acids is 1. The molecule has 0 bridgehead atoms. The predicted molar refractivity (Wildman–Crippen MR) is 128 cm³/mol. The zero-order valence-corrected chi connectivity index (χ0v) is 19.8. The number of oxazole rings is 1. The second-order valence-electron chi connectivity index (χ2n) is 7.99. The highest BCUT2D eigenvalue weighted by Crippen LogP contribution is 2.34. The molecule has 34 heavy (non-hydrogen) atoms. The van der Waals surface area contributed by atoms with Crippen molar-refractivity contribution in [2.45, 2.75) is 32.4 Å². The number of esters is 1. The number of piperidine rings is 1. The number of methoxy groups -OCH3 is 2. The number of carbonyl (C=O) groups is 1. The average molecular weight is 470 g/mol. The molecule has 182 valence electrons. The molecule has 0 spiro atoms. The minimum absolute atomic E-state index is 0.199. The van der Waals surface area contributed by atoms with Crippen LogP contribution in [0.25, 0.3) is 11.1 Å². The molecule has 9 heteroatoms. The number of anilines is 1. The first-order valence-corrected chi connectivity index (χ1v) is 11.5. The molecule has 0 aliphatic carbocycles. The maximum Gasteiger partial charge on any atom is 0.343 e. The first-order chi connectivity index (χ1) is 16.6. The van der Waals surface area contributed by atoms with E-state index in [4.69, 9.17) is 23.6 Å². The third-order valence-corrected chi connectivity index (χ3v) is 5.82. The summed E-state index contributed by atoms with van der Waals surface area (Å²) in [4.78, 5) is 18.5. The number of fused-ring (bicyclic) bond motifs is 1. The first kappa shape index (κ1) is 23.7. The number of nitrogens with zero attached hydrogens (tertiary/aromatic N) is 2. The largest absolute Gasteiger partial charge is 0.493 e. The molecule has 2 heterocycles. The number of hydrogen-bond donors (Lipinski definition) is 1. The Bertz CT molecular complexity index is 1110. The SMILES string of the molecule is CCOc1cc(CN(c2nc3cccc(OCC(=O)OC)c3o2)C2CCNCC2)ccc1OC. The van der Waals surface area contributed by atoms with Gasteiger partial charge in [-0.15, -0.1) is 0 Å². The highest BCUT2D eigenvalue weighted by atomic mass is 16.6. The number of rotatable bonds is 10. The molecule has 2 aromatic carbocycles. The Kier molecular flexibility index (Phi) is 7.74. The van der Waals surface area contributed by atoms with Gasteiger partial charge in [0.25, 0.3) is 6.01 Å². The van der Waals surface area contributed by atoms with Crippen molar-refractivity contribution in [3.63, 3.8) is 0 Å². The van der Waals surface area contributed by atoms with Gasteiger partial charge in [0.2, 0.25) is 0 Å². The maximum atomic E-state index is 11.5. The molecule has 9 nitrogen and oxygen atoms in total. The molecule has 1 aromatic heterocycles. The van der Waals surface area contributed by atoms with E-state index in [0.717, 1.165) is 31.5 Å². The van der Waals surface area contributed by atoms with Crippen LogP contribution in [0.15, 0.2) is 40.8 Å². The van der Waals surface area contributed by atoms with E-state index in [-0.39, 0.29) is 12.6 Å². The first-order valence-electron chi connectivity index (χ1n) is 11.5. The molecule has 1 saturated heterocycles. The Morgan fingerprint density at radius 1 is 1.12 bits per heavy atom. The lowest BCUT2D eigenvalue weighted by molar-refractivity contribution is -0.142. The molecule has 0 unspecified atom stereocenters. The summed E-state index contributed by atoms with van der Waals surface area (Å²) < 4.78 is 27.7. The fourth-order valence-corrected chi connectivity index (χ4v) is 4.10. The molecule has 1 aliphatic heterocycles. The van der Waals surface area contributed by atoms with Crippen molar-refractivity contribution >= 4 is 23.1 Å². The van der Waals surface area contributed by atoms with Crippen LogP contribution in [0, 0.1) is 0 Å². The summed E-state index contributed by atoms with van der Waals surface area (Å²) in [6.07, 6.45) is 1.94. The van der Waals surface area contributed by atoms with Gasteiger partial charge in [-0.1, -0.05) is 12.1 Å². The van der Waals surface area contributed by atoms with Crippen molar-refractivity contribution in [2.75, 3.05) is 45.4 Å². The van der Waals surface area contributed by atoms with Crippen molar-refractivity contribution in [3.05, 3.63) is 42.0 Å². The molecule has 0 atom stereocenters. The van der Waals surface area contributed by atoms with Gasteiger partial charge >= 0.3 is 5.97 Å². The van der Waals surface area contributed by atoms with Gasteiger partial charge in [-0.25, -0.2) is 4.79 Å². The van der Waals surface area contributed by atoms with E-state index in [1.165, 1.54) is 7.11 Å². The quantitative estimate of drug-likeness (QED) is 0.447. The van der Waals surface area contributed by atoms with Crippen LogP contribution in [0.2, 0.25) is 0 Å². The zero-order chi connectivity index (χ0) is 23.9. The van der Waals surface area contributed by atoms with Gasteiger partial charge in [0, 0.05) is 12.6 Å². The summed E-state index contributed by atoms with van der Waals surface area (Å²) in [5.74, 6) is 1.41. The fraction of sp³-hybridized carbons (Fsp3) is 0.440. The summed E-state index contributed by atoms with van der Waals surface area (Å²) in [5, 5.41) is 3.42. The van der Waals surface area contributed by atoms with Gasteiger partial charge in [-0.2, -0.15) is 4.98 Å². The minimum atomic E-state index is -0.460. The molecule has 0 amide bonds. The van der Waals surface area contributed by atoms with Crippen LogP contribution in [0.3, 0.4) is 0 Å². The van der Waals surface area contributed by atoms with Crippen LogP contribution >= 0.6 is 0 Å². The Balaban J connectivity index is 1.66. The highest BCUT2D eigenvalue weighted by molar-refractivity contribution is 5.81. The Hall–Kier alpha value is -3.46. The Labute approximate surface area is 198 Å². The average Bonchev–Trinajstić information content (AvgIpc) is 3.31. The molecule has 0 radical (unpaired) electrons. The number of para-hydroxylation sites is 1. The molecule has 1 aliphatic rings. The summed E-state index contributed by atoms with van der Waals surface area (Å²) in [5.41, 5.74) is 2.23. The van der Waals surface area contributed by atoms with E-state index < -0.39 is 5.97 Å². The predicted octanol–water partition coefficient (Wildman–Crippen LogP) is 3.55. The monoisotopic (exact) mass is 469 g/mol. The van der Waals surface area contributed by atoms with Gasteiger partial charge in [0.1, 0.15) is 5.52 Å². The van der Waals surface area contributed by atoms with E-state index in [9.17, 15) is 4.79 Å². The lowest BCUT2D eigenvalue weighted by Gasteiger charge is -2.33. The van der Waals surface area contributed by atoms with Crippen LogP contribution in [-0.4, -0.2) is 57.5 Å². The summed E-state index contributed by atoms with van der Waals surface area (Å²) in [7, 11) is 2.96. The molecule has 3 aromatic rings. The lowest BCUT2D eigenvalue weighted by Crippen LogP contribution is -2.43. The van der Waals surface area contributed by atoms with Crippen LogP contribution < -0.4 is 24.4 Å². The molecular formula is C25H31N3O6. The van der Waals surface area contributed by atoms with Crippen LogP contribution in [0.4, 0.5) is 6.01 Å². The molecule has 0 saturated carbocycles. The van der Waals surface area contributed by atoms with E-state index in [2.05, 4.69) is 15.0 Å². The molecular weight excluding hydrogens is 438 g/mol. The van der Waals surface area contributed by atoms with Gasteiger partial charge in [0.05, 0.1) is 20.8 Å². The fourth-order valence-electron chi connectivity index (χ4n) is 4.10. The second-order valence-corrected chi connectivity index (χ2v) is 7.99. The van der Waals surface area contributed by atoms with Gasteiger partial charge in [0.15, 0.2) is 29.4 Å². The van der Waals surface area contributed by atoms with Crippen molar-refractivity contribution < 1.29 is 28.2 Å². The Morgan fingerprint density at radius 2 is 1.94 bits per heavy atom. The van der Waals surface area contributed by atoms with Crippen molar-refractivity contribution in [3.8, 4) is 17.2 Å². The van der Waals surface area contributed by atoms with Crippen molar-refractivity contribution in [1.29, 1.82) is 0 Å². The van der Waals surface area contributed by atoms with Crippen LogP contribution in [0.5, 0.6) is 17.2 Å². The normalized spacial score (nSPS) is 14.1. The van der Waals surface area contributed by atoms with Gasteiger partial charge in [-0.3, -0.25) is 0 Å². The number of hydrogen-bond acceptors (Lipinski definition) is 9. The lowest BCUT2D eigenvalue weighted by atomic mass is 10.0. The molecule has 4 rings (SSSR count). The maximum absolute atomic E-state index is 11.5. The number of aromatic nitrogens is 1. The number of ether oxygens (including phenoxy) is 4. The van der Waals surface area contributed by atoms with Gasteiger partial charge < -0.3 is 33.6 Å². The summed E-state index contributed by atoms with van der Waals surface area (Å²) in [6, 6.07) is 12.2. The topological polar surface area (TPSA) is 95.3 Å². The van der Waals surface area contributed by atoms with E-state index >= 15 is 0 Å². The standard InChI is InChI=1S/C25H31N3O6/c1-4-32-22-14-17(8-9-20(22)30-2)15-28(18-10-12-26-13-11-18)25-27-19-6-5-7-21(24(19)34-25)33-16-23(29)31-3/h5-9,14,18,26H,4,10-13,15-16H2,1-3H3. The Morgan fingerprint density at radius 3 is 2.68 bits per heavy atom. The van der Waals surface area contributed by atoms with Crippen molar-refractivity contribution in [1.82, 2.24) is 10.3 Å². The van der Waals surface area contributed by atoms with E-state index in [1.54, 1.807) is 13.2 Å². The zero-order valence-electron chi connectivity index (χ0n) is 19.8. The minimum Gasteiger partial charge on any atom is -0.493 e. The van der Waals surface area contributed by atoms with Crippen LogP contribution in [-0.2, 0) is 16.1 Å². The molecule has 1 fully saturated rings. The summed E-state index contributed by atoms with van der Waals surface area (Å²) in [6.45, 7) is 4.77. The summed E-state index contributed by atoms with van der Waals surface area (Å²) >= 11 is 0. The molecule has 1 N–H and O–H groups in total. The van der Waals surface area contributed by atoms with Gasteiger partial charge in [-0.05, 0) is 62.7 Å². The van der Waals surface area contributed by atoms with Crippen LogP contribution in [0.1, 0.15) is 25.3 Å². The van der Waals surface area contributed by atoms with E-state index in [0.29, 0.717) is 47.5 Å². The third-order valence-electron chi connectivity index (χ3n) is 5.82. The van der Waals surface area contributed by atoms with Crippen molar-refractivity contribution in [2.24, 2.45) is 0 Å². The van der Waals surface area contributed by atoms with E-state index in [1.807, 2.05) is 37.3 Å². The second kappa shape index (κ2) is 11.1.